The summed E-state index contributed by atoms with van der Waals surface area (Å²) < 4.78 is 10.9. The molecule has 3 aromatic rings. The Bertz CT molecular complexity index is 1090. The van der Waals surface area contributed by atoms with Crippen LogP contribution in [-0.4, -0.2) is 65.2 Å². The van der Waals surface area contributed by atoms with Crippen molar-refractivity contribution in [3.05, 3.63) is 71.0 Å². The lowest BCUT2D eigenvalue weighted by molar-refractivity contribution is -0.122. The Hall–Kier alpha value is -3.76. The zero-order chi connectivity index (χ0) is 25.6. The van der Waals surface area contributed by atoms with E-state index in [1.165, 1.54) is 5.56 Å². The Kier molecular flexibility index (Phi) is 10.9. The van der Waals surface area contributed by atoms with E-state index in [4.69, 9.17) is 9.47 Å². The summed E-state index contributed by atoms with van der Waals surface area (Å²) in [6, 6.07) is 15.1. The van der Waals surface area contributed by atoms with Gasteiger partial charge in [0.05, 0.1) is 26.4 Å². The van der Waals surface area contributed by atoms with E-state index in [0.29, 0.717) is 56.7 Å². The van der Waals surface area contributed by atoms with E-state index >= 15 is 0 Å². The van der Waals surface area contributed by atoms with Gasteiger partial charge < -0.3 is 20.1 Å². The van der Waals surface area contributed by atoms with Crippen LogP contribution in [0.2, 0.25) is 0 Å². The fourth-order valence-electron chi connectivity index (χ4n) is 3.17. The van der Waals surface area contributed by atoms with E-state index in [1.807, 2.05) is 48.5 Å². The number of hydrogen-bond donors (Lipinski definition) is 2. The molecule has 0 spiro atoms. The number of hydrogen-bond acceptors (Lipinski definition) is 8. The van der Waals surface area contributed by atoms with Gasteiger partial charge in [-0.05, 0) is 36.6 Å². The van der Waals surface area contributed by atoms with E-state index in [2.05, 4.69) is 38.0 Å². The summed E-state index contributed by atoms with van der Waals surface area (Å²) in [6.07, 6.45) is 1.21. The molecule has 0 saturated carbocycles. The second kappa shape index (κ2) is 14.6. The number of aromatic nitrogens is 4. The third-order valence-corrected chi connectivity index (χ3v) is 5.28. The fraction of sp³-hybridized carbons (Fsp3) is 0.385. The van der Waals surface area contributed by atoms with Crippen molar-refractivity contribution in [2.24, 2.45) is 0 Å². The summed E-state index contributed by atoms with van der Waals surface area (Å²) in [5, 5.41) is 21.5. The molecule has 3 rings (SSSR count). The van der Waals surface area contributed by atoms with Crippen molar-refractivity contribution >= 4 is 11.8 Å². The monoisotopic (exact) mass is 492 g/mol. The Morgan fingerprint density at radius 3 is 2.08 bits per heavy atom. The molecule has 0 bridgehead atoms. The molecule has 0 aliphatic carbocycles. The zero-order valence-corrected chi connectivity index (χ0v) is 20.7. The summed E-state index contributed by atoms with van der Waals surface area (Å²) in [6.45, 7) is 6.12. The van der Waals surface area contributed by atoms with Crippen molar-refractivity contribution < 1.29 is 19.1 Å². The quantitative estimate of drug-likeness (QED) is 0.328. The molecule has 0 fully saturated rings. The lowest BCUT2D eigenvalue weighted by Crippen LogP contribution is -2.27. The second-order valence-electron chi connectivity index (χ2n) is 8.03. The van der Waals surface area contributed by atoms with Gasteiger partial charge in [0.2, 0.25) is 11.7 Å². The molecule has 2 N–H and O–H groups in total. The second-order valence-corrected chi connectivity index (χ2v) is 8.03. The summed E-state index contributed by atoms with van der Waals surface area (Å²) in [4.78, 5) is 24.1. The van der Waals surface area contributed by atoms with Gasteiger partial charge in [-0.1, -0.05) is 43.3 Å². The van der Waals surface area contributed by atoms with Crippen LogP contribution < -0.4 is 10.6 Å². The number of aryl methyl sites for hydroxylation is 2. The van der Waals surface area contributed by atoms with Crippen LogP contribution in [0.1, 0.15) is 40.7 Å². The smallest absolute Gasteiger partial charge is 0.251 e. The molecule has 10 heteroatoms. The van der Waals surface area contributed by atoms with Crippen LogP contribution in [0.25, 0.3) is 11.4 Å². The molecule has 1 aromatic heterocycles. The molecule has 190 valence electrons. The minimum Gasteiger partial charge on any atom is -0.379 e. The standard InChI is InChI=1S/C26H32N6O4/c1-3-20-4-10-23(11-5-20)26(34)27-13-15-36-17-16-35-14-12-24(33)28-18-21-6-8-22(9-7-21)25-31-29-19(2)30-32-25/h4-11H,3,12-18H2,1-2H3,(H,27,34)(H,28,33). The first-order valence-corrected chi connectivity index (χ1v) is 12.0. The number of amides is 2. The largest absolute Gasteiger partial charge is 0.379 e. The molecular formula is C26H32N6O4. The van der Waals surface area contributed by atoms with Crippen LogP contribution in [0.15, 0.2) is 48.5 Å². The van der Waals surface area contributed by atoms with Crippen molar-refractivity contribution in [2.75, 3.05) is 33.0 Å². The Labute approximate surface area is 210 Å². The molecule has 0 radical (unpaired) electrons. The van der Waals surface area contributed by atoms with Gasteiger partial charge in [0.1, 0.15) is 0 Å². The van der Waals surface area contributed by atoms with Gasteiger partial charge in [0, 0.05) is 30.6 Å². The predicted octanol–water partition coefficient (Wildman–Crippen LogP) is 2.27. The SMILES string of the molecule is CCc1ccc(C(=O)NCCOCCOCCC(=O)NCc2ccc(-c3nnc(C)nn3)cc2)cc1. The summed E-state index contributed by atoms with van der Waals surface area (Å²) >= 11 is 0. The molecule has 0 atom stereocenters. The third-order valence-electron chi connectivity index (χ3n) is 5.28. The number of nitrogens with one attached hydrogen (secondary N) is 2. The molecular weight excluding hydrogens is 460 g/mol. The van der Waals surface area contributed by atoms with Crippen molar-refractivity contribution in [3.63, 3.8) is 0 Å². The highest BCUT2D eigenvalue weighted by Gasteiger charge is 2.06. The van der Waals surface area contributed by atoms with Crippen molar-refractivity contribution in [1.82, 2.24) is 31.0 Å². The van der Waals surface area contributed by atoms with Gasteiger partial charge in [0.25, 0.3) is 5.91 Å². The first-order valence-electron chi connectivity index (χ1n) is 12.0. The average molecular weight is 493 g/mol. The first kappa shape index (κ1) is 26.8. The number of rotatable bonds is 14. The van der Waals surface area contributed by atoms with Gasteiger partial charge >= 0.3 is 0 Å². The zero-order valence-electron chi connectivity index (χ0n) is 20.7. The molecule has 36 heavy (non-hydrogen) atoms. The molecule has 0 saturated heterocycles. The molecule has 0 unspecified atom stereocenters. The Morgan fingerprint density at radius 1 is 0.778 bits per heavy atom. The number of nitrogens with zero attached hydrogens (tertiary/aromatic N) is 4. The number of carbonyl (C=O) groups is 2. The van der Waals surface area contributed by atoms with E-state index < -0.39 is 0 Å². The lowest BCUT2D eigenvalue weighted by atomic mass is 10.1. The summed E-state index contributed by atoms with van der Waals surface area (Å²) in [5.74, 6) is 0.767. The normalized spacial score (nSPS) is 10.7. The van der Waals surface area contributed by atoms with Gasteiger partial charge in [-0.15, -0.1) is 20.4 Å². The Balaban J connectivity index is 1.19. The van der Waals surface area contributed by atoms with Crippen molar-refractivity contribution in [1.29, 1.82) is 0 Å². The number of carbonyl (C=O) groups excluding carboxylic acids is 2. The maximum atomic E-state index is 12.1. The molecule has 2 amide bonds. The number of benzene rings is 2. The van der Waals surface area contributed by atoms with Gasteiger partial charge in [0.15, 0.2) is 5.82 Å². The molecule has 0 aliphatic heterocycles. The predicted molar refractivity (Wildman–Crippen MR) is 134 cm³/mol. The molecule has 2 aromatic carbocycles. The highest BCUT2D eigenvalue weighted by Crippen LogP contribution is 2.14. The third kappa shape index (κ3) is 9.12. The average Bonchev–Trinajstić information content (AvgIpc) is 2.91. The maximum Gasteiger partial charge on any atom is 0.251 e. The molecule has 10 nitrogen and oxygen atoms in total. The van der Waals surface area contributed by atoms with Crippen LogP contribution in [0, 0.1) is 6.92 Å². The highest BCUT2D eigenvalue weighted by atomic mass is 16.5. The topological polar surface area (TPSA) is 128 Å². The fourth-order valence-corrected chi connectivity index (χ4v) is 3.17. The summed E-state index contributed by atoms with van der Waals surface area (Å²) in [7, 11) is 0. The first-order chi connectivity index (χ1) is 17.5. The van der Waals surface area contributed by atoms with Gasteiger partial charge in [-0.25, -0.2) is 0 Å². The van der Waals surface area contributed by atoms with E-state index in [9.17, 15) is 9.59 Å². The van der Waals surface area contributed by atoms with Crippen molar-refractivity contribution in [3.8, 4) is 11.4 Å². The van der Waals surface area contributed by atoms with Crippen LogP contribution in [0.3, 0.4) is 0 Å². The van der Waals surface area contributed by atoms with E-state index in [1.54, 1.807) is 6.92 Å². The minimum atomic E-state index is -0.116. The van der Waals surface area contributed by atoms with Gasteiger partial charge in [-0.2, -0.15) is 0 Å². The van der Waals surface area contributed by atoms with Crippen LogP contribution >= 0.6 is 0 Å². The number of ether oxygens (including phenoxy) is 2. The van der Waals surface area contributed by atoms with Crippen molar-refractivity contribution in [2.45, 2.75) is 33.2 Å². The van der Waals surface area contributed by atoms with Crippen LogP contribution in [-0.2, 0) is 27.2 Å². The minimum absolute atomic E-state index is 0.0926. The molecule has 0 aliphatic rings. The van der Waals surface area contributed by atoms with Crippen LogP contribution in [0.5, 0.6) is 0 Å². The Morgan fingerprint density at radius 2 is 1.42 bits per heavy atom. The maximum absolute atomic E-state index is 12.1. The molecule has 1 heterocycles. The highest BCUT2D eigenvalue weighted by molar-refractivity contribution is 5.94. The van der Waals surface area contributed by atoms with E-state index in [-0.39, 0.29) is 18.2 Å². The van der Waals surface area contributed by atoms with E-state index in [0.717, 1.165) is 17.5 Å². The van der Waals surface area contributed by atoms with Crippen LogP contribution in [0.4, 0.5) is 0 Å². The summed E-state index contributed by atoms with van der Waals surface area (Å²) in [5.41, 5.74) is 3.60. The van der Waals surface area contributed by atoms with Gasteiger partial charge in [-0.3, -0.25) is 9.59 Å². The lowest BCUT2D eigenvalue weighted by Gasteiger charge is -2.08.